The van der Waals surface area contributed by atoms with E-state index in [1.807, 2.05) is 43.3 Å². The zero-order valence-corrected chi connectivity index (χ0v) is 13.8. The van der Waals surface area contributed by atoms with E-state index in [1.54, 1.807) is 6.07 Å². The zero-order chi connectivity index (χ0) is 16.9. The third-order valence-electron chi connectivity index (χ3n) is 3.35. The minimum atomic E-state index is -0.461. The SMILES string of the molecule is Cc1cc(NCc2ccccc2)nc(Nc2ccc(F)c(Cl)c2)n1. The number of anilines is 3. The molecule has 1 heterocycles. The van der Waals surface area contributed by atoms with Crippen LogP contribution in [0.25, 0.3) is 0 Å². The molecule has 0 aliphatic carbocycles. The Balaban J connectivity index is 1.74. The standard InChI is InChI=1S/C18H16ClFN4/c1-12-9-17(21-11-13-5-3-2-4-6-13)24-18(22-12)23-14-7-8-16(20)15(19)10-14/h2-10H,11H2,1H3,(H2,21,22,23,24). The van der Waals surface area contributed by atoms with E-state index >= 15 is 0 Å². The van der Waals surface area contributed by atoms with Crippen LogP contribution in [-0.4, -0.2) is 9.97 Å². The van der Waals surface area contributed by atoms with Gasteiger partial charge in [0.25, 0.3) is 0 Å². The second kappa shape index (κ2) is 7.27. The van der Waals surface area contributed by atoms with Gasteiger partial charge < -0.3 is 10.6 Å². The van der Waals surface area contributed by atoms with Crippen molar-refractivity contribution in [3.63, 3.8) is 0 Å². The highest BCUT2D eigenvalue weighted by molar-refractivity contribution is 6.31. The Kier molecular flexibility index (Phi) is 4.91. The number of hydrogen-bond acceptors (Lipinski definition) is 4. The Morgan fingerprint density at radius 2 is 1.83 bits per heavy atom. The number of nitrogens with zero attached hydrogens (tertiary/aromatic N) is 2. The van der Waals surface area contributed by atoms with Gasteiger partial charge in [0.05, 0.1) is 5.02 Å². The molecule has 0 aliphatic rings. The molecule has 0 saturated heterocycles. The first-order chi connectivity index (χ1) is 11.6. The maximum atomic E-state index is 13.2. The molecule has 6 heteroatoms. The summed E-state index contributed by atoms with van der Waals surface area (Å²) in [5, 5.41) is 6.36. The normalized spacial score (nSPS) is 10.5. The van der Waals surface area contributed by atoms with E-state index in [2.05, 4.69) is 20.6 Å². The largest absolute Gasteiger partial charge is 0.366 e. The Morgan fingerprint density at radius 1 is 1.04 bits per heavy atom. The fraction of sp³-hybridized carbons (Fsp3) is 0.111. The van der Waals surface area contributed by atoms with E-state index in [4.69, 9.17) is 11.6 Å². The van der Waals surface area contributed by atoms with Crippen molar-refractivity contribution in [3.05, 3.63) is 76.7 Å². The van der Waals surface area contributed by atoms with E-state index in [-0.39, 0.29) is 5.02 Å². The number of aromatic nitrogens is 2. The van der Waals surface area contributed by atoms with Crippen molar-refractivity contribution >= 4 is 29.1 Å². The Morgan fingerprint density at radius 3 is 2.58 bits per heavy atom. The van der Waals surface area contributed by atoms with Gasteiger partial charge in [-0.05, 0) is 30.7 Å². The van der Waals surface area contributed by atoms with Crippen LogP contribution < -0.4 is 10.6 Å². The number of hydrogen-bond donors (Lipinski definition) is 2. The molecule has 0 aliphatic heterocycles. The van der Waals surface area contributed by atoms with Crippen molar-refractivity contribution in [2.75, 3.05) is 10.6 Å². The number of rotatable bonds is 5. The topological polar surface area (TPSA) is 49.8 Å². The molecule has 0 amide bonds. The minimum absolute atomic E-state index is 0.0510. The van der Waals surface area contributed by atoms with Crippen LogP contribution in [-0.2, 0) is 6.54 Å². The molecule has 2 N–H and O–H groups in total. The highest BCUT2D eigenvalue weighted by Crippen LogP contribution is 2.22. The highest BCUT2D eigenvalue weighted by Gasteiger charge is 2.05. The zero-order valence-electron chi connectivity index (χ0n) is 13.1. The van der Waals surface area contributed by atoms with Crippen molar-refractivity contribution in [2.24, 2.45) is 0 Å². The molecule has 0 atom stereocenters. The van der Waals surface area contributed by atoms with Gasteiger partial charge in [-0.15, -0.1) is 0 Å². The lowest BCUT2D eigenvalue weighted by molar-refractivity contribution is 0.628. The van der Waals surface area contributed by atoms with Gasteiger partial charge in [0, 0.05) is 24.0 Å². The third kappa shape index (κ3) is 4.20. The first kappa shape index (κ1) is 16.2. The molecule has 4 nitrogen and oxygen atoms in total. The first-order valence-corrected chi connectivity index (χ1v) is 7.83. The van der Waals surface area contributed by atoms with E-state index in [1.165, 1.54) is 12.1 Å². The van der Waals surface area contributed by atoms with Crippen LogP contribution in [0.1, 0.15) is 11.3 Å². The molecule has 1 aromatic heterocycles. The Bertz CT molecular complexity index is 840. The minimum Gasteiger partial charge on any atom is -0.366 e. The number of nitrogens with one attached hydrogen (secondary N) is 2. The van der Waals surface area contributed by atoms with Crippen molar-refractivity contribution in [2.45, 2.75) is 13.5 Å². The smallest absolute Gasteiger partial charge is 0.229 e. The lowest BCUT2D eigenvalue weighted by atomic mass is 10.2. The maximum absolute atomic E-state index is 13.2. The van der Waals surface area contributed by atoms with Crippen LogP contribution in [0.5, 0.6) is 0 Å². The molecular weight excluding hydrogens is 327 g/mol. The van der Waals surface area contributed by atoms with E-state index in [9.17, 15) is 4.39 Å². The summed E-state index contributed by atoms with van der Waals surface area (Å²) in [6.45, 7) is 2.55. The summed E-state index contributed by atoms with van der Waals surface area (Å²) in [5.74, 6) is 0.674. The van der Waals surface area contributed by atoms with Crippen LogP contribution >= 0.6 is 11.6 Å². The number of aryl methyl sites for hydroxylation is 1. The molecule has 0 saturated carbocycles. The average molecular weight is 343 g/mol. The molecule has 0 radical (unpaired) electrons. The summed E-state index contributed by atoms with van der Waals surface area (Å²) < 4.78 is 13.2. The van der Waals surface area contributed by atoms with Gasteiger partial charge in [-0.25, -0.2) is 9.37 Å². The van der Waals surface area contributed by atoms with Crippen LogP contribution in [0.15, 0.2) is 54.6 Å². The monoisotopic (exact) mass is 342 g/mol. The third-order valence-corrected chi connectivity index (χ3v) is 3.64. The van der Waals surface area contributed by atoms with Gasteiger partial charge in [-0.3, -0.25) is 0 Å². The Hall–Kier alpha value is -2.66. The van der Waals surface area contributed by atoms with Crippen LogP contribution in [0.4, 0.5) is 21.8 Å². The molecule has 2 aromatic carbocycles. The van der Waals surface area contributed by atoms with Gasteiger partial charge >= 0.3 is 0 Å². The van der Waals surface area contributed by atoms with Crippen molar-refractivity contribution in [1.29, 1.82) is 0 Å². The summed E-state index contributed by atoms with van der Waals surface area (Å²) in [6, 6.07) is 16.3. The number of halogens is 2. The van der Waals surface area contributed by atoms with Crippen LogP contribution in [0, 0.1) is 12.7 Å². The van der Waals surface area contributed by atoms with Gasteiger partial charge in [0.15, 0.2) is 0 Å². The van der Waals surface area contributed by atoms with Crippen LogP contribution in [0.2, 0.25) is 5.02 Å². The van der Waals surface area contributed by atoms with Gasteiger partial charge in [0.2, 0.25) is 5.95 Å². The molecule has 0 fully saturated rings. The molecule has 0 unspecified atom stereocenters. The summed E-state index contributed by atoms with van der Waals surface area (Å²) in [6.07, 6.45) is 0. The molecular formula is C18H16ClFN4. The quantitative estimate of drug-likeness (QED) is 0.690. The molecule has 0 bridgehead atoms. The predicted octanol–water partition coefficient (Wildman–Crippen LogP) is 4.93. The predicted molar refractivity (Wildman–Crippen MR) is 95.2 cm³/mol. The van der Waals surface area contributed by atoms with E-state index in [0.29, 0.717) is 24.0 Å². The highest BCUT2D eigenvalue weighted by atomic mass is 35.5. The van der Waals surface area contributed by atoms with Gasteiger partial charge in [0.1, 0.15) is 11.6 Å². The average Bonchev–Trinajstić information content (AvgIpc) is 2.57. The maximum Gasteiger partial charge on any atom is 0.229 e. The lowest BCUT2D eigenvalue weighted by Gasteiger charge is -2.10. The fourth-order valence-corrected chi connectivity index (χ4v) is 2.39. The fourth-order valence-electron chi connectivity index (χ4n) is 2.21. The van der Waals surface area contributed by atoms with Crippen molar-refractivity contribution in [1.82, 2.24) is 9.97 Å². The number of benzene rings is 2. The Labute approximate surface area is 144 Å². The molecule has 3 rings (SSSR count). The molecule has 3 aromatic rings. The van der Waals surface area contributed by atoms with E-state index in [0.717, 1.165) is 11.3 Å². The summed E-state index contributed by atoms with van der Waals surface area (Å²) in [4.78, 5) is 8.76. The van der Waals surface area contributed by atoms with Crippen molar-refractivity contribution < 1.29 is 4.39 Å². The summed E-state index contributed by atoms with van der Waals surface area (Å²) in [7, 11) is 0. The van der Waals surface area contributed by atoms with Gasteiger partial charge in [-0.2, -0.15) is 4.98 Å². The van der Waals surface area contributed by atoms with Crippen molar-refractivity contribution in [3.8, 4) is 0 Å². The summed E-state index contributed by atoms with van der Waals surface area (Å²) in [5.41, 5.74) is 2.60. The molecule has 0 spiro atoms. The first-order valence-electron chi connectivity index (χ1n) is 7.46. The second-order valence-corrected chi connectivity index (χ2v) is 5.72. The summed E-state index contributed by atoms with van der Waals surface area (Å²) >= 11 is 5.79. The van der Waals surface area contributed by atoms with E-state index < -0.39 is 5.82 Å². The molecule has 122 valence electrons. The van der Waals surface area contributed by atoms with Gasteiger partial charge in [-0.1, -0.05) is 41.9 Å². The lowest BCUT2D eigenvalue weighted by Crippen LogP contribution is -2.05. The molecule has 24 heavy (non-hydrogen) atoms. The second-order valence-electron chi connectivity index (χ2n) is 5.31. The van der Waals surface area contributed by atoms with Crippen LogP contribution in [0.3, 0.4) is 0 Å².